The van der Waals surface area contributed by atoms with E-state index in [1.807, 2.05) is 6.07 Å². The van der Waals surface area contributed by atoms with Crippen LogP contribution in [-0.4, -0.2) is 70.0 Å². The van der Waals surface area contributed by atoms with Gasteiger partial charge in [-0.2, -0.15) is 0 Å². The van der Waals surface area contributed by atoms with Crippen molar-refractivity contribution in [2.75, 3.05) is 37.7 Å². The fourth-order valence-corrected chi connectivity index (χ4v) is 5.30. The molecule has 2 bridgehead atoms. The van der Waals surface area contributed by atoms with Gasteiger partial charge in [-0.05, 0) is 18.2 Å². The Kier molecular flexibility index (Phi) is 4.80. The molecular formula is C21H23ClN4O4. The van der Waals surface area contributed by atoms with Crippen LogP contribution in [0.1, 0.15) is 0 Å². The molecule has 3 fully saturated rings. The van der Waals surface area contributed by atoms with Gasteiger partial charge in [0, 0.05) is 50.0 Å². The SMILES string of the molecule is O=C(Cn1ccccc1=O)N1C[C@H]2O[C@]3(C1)CN(c1ccc(Cl)cn1)C[C@@H]3[C@@H]2CO. The lowest BCUT2D eigenvalue weighted by Gasteiger charge is -2.40. The maximum absolute atomic E-state index is 13.0. The lowest BCUT2D eigenvalue weighted by Crippen LogP contribution is -2.56. The van der Waals surface area contributed by atoms with Gasteiger partial charge in [-0.25, -0.2) is 4.98 Å². The zero-order valence-electron chi connectivity index (χ0n) is 16.4. The number of amides is 1. The van der Waals surface area contributed by atoms with E-state index in [0.29, 0.717) is 31.2 Å². The van der Waals surface area contributed by atoms with Crippen molar-refractivity contribution < 1.29 is 14.6 Å². The number of carbonyl (C=O) groups is 1. The summed E-state index contributed by atoms with van der Waals surface area (Å²) < 4.78 is 7.84. The largest absolute Gasteiger partial charge is 0.396 e. The van der Waals surface area contributed by atoms with Crippen LogP contribution in [-0.2, 0) is 16.1 Å². The summed E-state index contributed by atoms with van der Waals surface area (Å²) in [6.45, 7) is 2.18. The number of ether oxygens (including phenoxy) is 1. The highest BCUT2D eigenvalue weighted by Crippen LogP contribution is 2.49. The van der Waals surface area contributed by atoms with E-state index in [-0.39, 0.29) is 42.6 Å². The molecule has 3 aliphatic rings. The quantitative estimate of drug-likeness (QED) is 0.765. The number of aliphatic hydroxyl groups excluding tert-OH is 1. The number of rotatable bonds is 4. The number of aliphatic hydroxyl groups is 1. The van der Waals surface area contributed by atoms with Gasteiger partial charge in [-0.1, -0.05) is 17.7 Å². The van der Waals surface area contributed by atoms with E-state index in [4.69, 9.17) is 16.3 Å². The van der Waals surface area contributed by atoms with Gasteiger partial charge >= 0.3 is 0 Å². The summed E-state index contributed by atoms with van der Waals surface area (Å²) in [5.74, 6) is 0.748. The second kappa shape index (κ2) is 7.37. The Hall–Kier alpha value is -2.42. The average molecular weight is 431 g/mol. The van der Waals surface area contributed by atoms with E-state index in [1.54, 1.807) is 35.5 Å². The van der Waals surface area contributed by atoms with Crippen LogP contribution in [0.3, 0.4) is 0 Å². The third-order valence-corrected chi connectivity index (χ3v) is 6.82. The highest BCUT2D eigenvalue weighted by atomic mass is 35.5. The van der Waals surface area contributed by atoms with Crippen LogP contribution in [0.4, 0.5) is 5.82 Å². The van der Waals surface area contributed by atoms with Crippen LogP contribution in [0.25, 0.3) is 0 Å². The van der Waals surface area contributed by atoms with Gasteiger partial charge in [0.2, 0.25) is 5.91 Å². The molecule has 5 rings (SSSR count). The number of fused-ring (bicyclic) bond motifs is 1. The van der Waals surface area contributed by atoms with Crippen molar-refractivity contribution in [3.63, 3.8) is 0 Å². The minimum Gasteiger partial charge on any atom is -0.396 e. The number of carbonyl (C=O) groups excluding carboxylic acids is 1. The Morgan fingerprint density at radius 3 is 2.87 bits per heavy atom. The molecule has 1 spiro atoms. The number of anilines is 1. The van der Waals surface area contributed by atoms with E-state index in [0.717, 1.165) is 5.82 Å². The molecule has 158 valence electrons. The Labute approximate surface area is 178 Å². The highest BCUT2D eigenvalue weighted by Gasteiger charge is 2.63. The zero-order valence-corrected chi connectivity index (χ0v) is 17.1. The average Bonchev–Trinajstić information content (AvgIpc) is 3.17. The van der Waals surface area contributed by atoms with E-state index >= 15 is 0 Å². The minimum atomic E-state index is -0.547. The molecule has 0 aromatic carbocycles. The number of pyridine rings is 2. The standard InChI is InChI=1S/C21H23ClN4O4/c22-14-4-5-18(23-7-14)25-8-16-15(11-27)17-9-26(13-21(16,12-25)30-17)20(29)10-24-6-2-1-3-19(24)28/h1-7,15-17,27H,8-13H2/t15-,16+,17+,21-/m0/s1. The lowest BCUT2D eigenvalue weighted by atomic mass is 9.83. The molecule has 5 heterocycles. The molecular weight excluding hydrogens is 408 g/mol. The molecule has 8 nitrogen and oxygen atoms in total. The fourth-order valence-electron chi connectivity index (χ4n) is 5.19. The van der Waals surface area contributed by atoms with Crippen molar-refractivity contribution >= 4 is 23.3 Å². The third-order valence-electron chi connectivity index (χ3n) is 6.59. The van der Waals surface area contributed by atoms with E-state index in [1.165, 1.54) is 10.6 Å². The first-order valence-corrected chi connectivity index (χ1v) is 10.5. The van der Waals surface area contributed by atoms with Crippen LogP contribution in [0, 0.1) is 11.8 Å². The maximum Gasteiger partial charge on any atom is 0.250 e. The van der Waals surface area contributed by atoms with E-state index < -0.39 is 5.60 Å². The summed E-state index contributed by atoms with van der Waals surface area (Å²) in [5.41, 5.74) is -0.748. The minimum absolute atomic E-state index is 0.000609. The normalized spacial score (nSPS) is 29.9. The molecule has 9 heteroatoms. The lowest BCUT2D eigenvalue weighted by molar-refractivity contribution is -0.152. The maximum atomic E-state index is 13.0. The molecule has 3 aliphatic heterocycles. The monoisotopic (exact) mass is 430 g/mol. The molecule has 1 amide bonds. The third kappa shape index (κ3) is 3.19. The van der Waals surface area contributed by atoms with Crippen molar-refractivity contribution in [1.29, 1.82) is 0 Å². The summed E-state index contributed by atoms with van der Waals surface area (Å²) in [5, 5.41) is 10.6. The van der Waals surface area contributed by atoms with Gasteiger partial charge in [0.1, 0.15) is 18.0 Å². The first kappa shape index (κ1) is 19.5. The smallest absolute Gasteiger partial charge is 0.250 e. The molecule has 0 unspecified atom stereocenters. The fraction of sp³-hybridized carbons (Fsp3) is 0.476. The van der Waals surface area contributed by atoms with Gasteiger partial charge in [0.05, 0.1) is 24.2 Å². The van der Waals surface area contributed by atoms with Gasteiger partial charge in [-0.15, -0.1) is 0 Å². The van der Waals surface area contributed by atoms with Crippen LogP contribution in [0.15, 0.2) is 47.5 Å². The van der Waals surface area contributed by atoms with Crippen molar-refractivity contribution in [2.24, 2.45) is 11.8 Å². The number of hydrogen-bond acceptors (Lipinski definition) is 6. The van der Waals surface area contributed by atoms with Crippen LogP contribution >= 0.6 is 11.6 Å². The first-order chi connectivity index (χ1) is 14.5. The summed E-state index contributed by atoms with van der Waals surface area (Å²) in [7, 11) is 0. The number of hydrogen-bond donors (Lipinski definition) is 1. The zero-order chi connectivity index (χ0) is 20.9. The molecule has 0 aliphatic carbocycles. The number of likely N-dealkylation sites (tertiary alicyclic amines) is 1. The van der Waals surface area contributed by atoms with Crippen molar-refractivity contribution in [2.45, 2.75) is 18.2 Å². The molecule has 30 heavy (non-hydrogen) atoms. The number of morpholine rings is 1. The molecule has 4 atom stereocenters. The van der Waals surface area contributed by atoms with Crippen LogP contribution in [0.2, 0.25) is 5.02 Å². The van der Waals surface area contributed by atoms with Gasteiger partial charge in [0.15, 0.2) is 0 Å². The van der Waals surface area contributed by atoms with Gasteiger partial charge < -0.3 is 24.2 Å². The molecule has 2 aromatic heterocycles. The summed E-state index contributed by atoms with van der Waals surface area (Å²) in [6, 6.07) is 8.52. The predicted molar refractivity (Wildman–Crippen MR) is 110 cm³/mol. The Morgan fingerprint density at radius 2 is 2.13 bits per heavy atom. The van der Waals surface area contributed by atoms with E-state index in [2.05, 4.69) is 9.88 Å². The van der Waals surface area contributed by atoms with Gasteiger partial charge in [0.25, 0.3) is 5.56 Å². The second-order valence-corrected chi connectivity index (χ2v) is 8.77. The number of halogens is 1. The van der Waals surface area contributed by atoms with Crippen LogP contribution in [0.5, 0.6) is 0 Å². The molecule has 2 aromatic rings. The molecule has 0 radical (unpaired) electrons. The number of nitrogens with zero attached hydrogens (tertiary/aromatic N) is 4. The Balaban J connectivity index is 1.38. The van der Waals surface area contributed by atoms with Crippen molar-refractivity contribution in [3.05, 3.63) is 58.1 Å². The highest BCUT2D eigenvalue weighted by molar-refractivity contribution is 6.30. The molecule has 0 saturated carbocycles. The Morgan fingerprint density at radius 1 is 1.27 bits per heavy atom. The summed E-state index contributed by atoms with van der Waals surface area (Å²) >= 11 is 5.97. The van der Waals surface area contributed by atoms with Gasteiger partial charge in [-0.3, -0.25) is 9.59 Å². The summed E-state index contributed by atoms with van der Waals surface area (Å²) in [6.07, 6.45) is 3.03. The van der Waals surface area contributed by atoms with Crippen molar-refractivity contribution in [1.82, 2.24) is 14.5 Å². The Bertz CT molecular complexity index is 1010. The first-order valence-electron chi connectivity index (χ1n) is 10.1. The second-order valence-electron chi connectivity index (χ2n) is 8.33. The summed E-state index contributed by atoms with van der Waals surface area (Å²) in [4.78, 5) is 33.3. The number of aromatic nitrogens is 2. The molecule has 3 saturated heterocycles. The van der Waals surface area contributed by atoms with Crippen molar-refractivity contribution in [3.8, 4) is 0 Å². The predicted octanol–water partition coefficient (Wildman–Crippen LogP) is 0.621. The van der Waals surface area contributed by atoms with E-state index in [9.17, 15) is 14.7 Å². The topological polar surface area (TPSA) is 87.9 Å². The molecule has 1 N–H and O–H groups in total. The van der Waals surface area contributed by atoms with Crippen LogP contribution < -0.4 is 10.5 Å².